The van der Waals surface area contributed by atoms with E-state index in [0.29, 0.717) is 16.8 Å². The number of carbonyl (C=O) groups is 1. The molecule has 0 spiro atoms. The number of anilines is 2. The number of hydrogen-bond acceptors (Lipinski definition) is 6. The highest BCUT2D eigenvalue weighted by Gasteiger charge is 2.41. The first-order chi connectivity index (χ1) is 19.7. The van der Waals surface area contributed by atoms with Crippen LogP contribution in [0.4, 0.5) is 15.8 Å². The predicted molar refractivity (Wildman–Crippen MR) is 173 cm³/mol. The topological polar surface area (TPSA) is 76.1 Å². The van der Waals surface area contributed by atoms with E-state index in [2.05, 4.69) is 34.4 Å². The maximum atomic E-state index is 15.1. The molecule has 2 fully saturated rings. The summed E-state index contributed by atoms with van der Waals surface area (Å²) in [6.07, 6.45) is 8.57. The Morgan fingerprint density at radius 2 is 1.46 bits per heavy atom. The molecule has 7 heteroatoms. The summed E-state index contributed by atoms with van der Waals surface area (Å²) in [6.45, 7) is 24.2. The molecule has 41 heavy (non-hydrogen) atoms. The zero-order valence-electron chi connectivity index (χ0n) is 28.0. The molecule has 2 saturated carbocycles. The predicted octanol–water partition coefficient (Wildman–Crippen LogP) is 10.2. The van der Waals surface area contributed by atoms with Gasteiger partial charge in [-0.15, -0.1) is 0 Å². The van der Waals surface area contributed by atoms with Crippen molar-refractivity contribution >= 4 is 17.3 Å². The van der Waals surface area contributed by atoms with Gasteiger partial charge >= 0.3 is 5.97 Å². The van der Waals surface area contributed by atoms with E-state index in [9.17, 15) is 4.79 Å². The Labute approximate surface area is 250 Å². The molecule has 0 saturated heterocycles. The van der Waals surface area contributed by atoms with E-state index in [0.717, 1.165) is 36.3 Å². The fourth-order valence-corrected chi connectivity index (χ4v) is 5.86. The van der Waals surface area contributed by atoms with E-state index in [1.165, 1.54) is 38.0 Å². The van der Waals surface area contributed by atoms with Crippen LogP contribution in [0.5, 0.6) is 0 Å². The minimum atomic E-state index is -1.51. The summed E-state index contributed by atoms with van der Waals surface area (Å²) in [5, 5.41) is 6.64. The van der Waals surface area contributed by atoms with Gasteiger partial charge in [-0.2, -0.15) is 0 Å². The number of esters is 1. The molecule has 0 amide bonds. The molecule has 2 aliphatic rings. The second-order valence-electron chi connectivity index (χ2n) is 10.5. The average molecular weight is 575 g/mol. The Kier molecular flexibility index (Phi) is 18.9. The van der Waals surface area contributed by atoms with Crippen molar-refractivity contribution in [2.45, 2.75) is 133 Å². The molecular weight excluding hydrogens is 515 g/mol. The zero-order chi connectivity index (χ0) is 31.6. The molecule has 2 aliphatic carbocycles. The van der Waals surface area contributed by atoms with Crippen molar-refractivity contribution in [3.05, 3.63) is 48.0 Å². The van der Waals surface area contributed by atoms with Crippen molar-refractivity contribution in [3.8, 4) is 0 Å². The molecule has 4 rings (SSSR count). The number of nitrogens with zero attached hydrogens (tertiary/aromatic N) is 2. The first-order valence-electron chi connectivity index (χ1n) is 16.0. The minimum absolute atomic E-state index is 0.0776. The van der Waals surface area contributed by atoms with Gasteiger partial charge in [0.15, 0.2) is 6.30 Å². The summed E-state index contributed by atoms with van der Waals surface area (Å²) >= 11 is 0. The molecule has 1 aromatic heterocycles. The SMILES string of the molecule is CC.CC.CC.CC.CC1CC2CC(C1)CC(C)(Nc1ccc(C(=O)OC(C)C)cc1NC(F)c1cncnc1)C2. The second-order valence-corrected chi connectivity index (χ2v) is 10.5. The summed E-state index contributed by atoms with van der Waals surface area (Å²) in [7, 11) is 0. The van der Waals surface area contributed by atoms with Crippen molar-refractivity contribution in [2.75, 3.05) is 10.6 Å². The van der Waals surface area contributed by atoms with E-state index in [1.54, 1.807) is 12.1 Å². The van der Waals surface area contributed by atoms with E-state index >= 15 is 4.39 Å². The largest absolute Gasteiger partial charge is 0.459 e. The van der Waals surface area contributed by atoms with Crippen LogP contribution >= 0.6 is 0 Å². The van der Waals surface area contributed by atoms with E-state index in [4.69, 9.17) is 4.74 Å². The van der Waals surface area contributed by atoms with Crippen LogP contribution < -0.4 is 10.6 Å². The normalized spacial score (nSPS) is 22.8. The van der Waals surface area contributed by atoms with Gasteiger partial charge in [0.05, 0.1) is 23.0 Å². The Hall–Kier alpha value is -2.70. The van der Waals surface area contributed by atoms with E-state index in [-0.39, 0.29) is 11.6 Å². The Morgan fingerprint density at radius 1 is 0.927 bits per heavy atom. The molecule has 0 aliphatic heterocycles. The van der Waals surface area contributed by atoms with Gasteiger partial charge in [-0.3, -0.25) is 0 Å². The van der Waals surface area contributed by atoms with Gasteiger partial charge in [0.25, 0.3) is 0 Å². The number of nitrogens with one attached hydrogen (secondary N) is 2. The summed E-state index contributed by atoms with van der Waals surface area (Å²) in [6, 6.07) is 5.26. The van der Waals surface area contributed by atoms with Crippen LogP contribution in [0.3, 0.4) is 0 Å². The van der Waals surface area contributed by atoms with Crippen LogP contribution in [-0.2, 0) is 4.74 Å². The molecule has 2 aromatic rings. The van der Waals surface area contributed by atoms with Gasteiger partial charge in [-0.1, -0.05) is 62.3 Å². The van der Waals surface area contributed by atoms with Crippen LogP contribution in [0.25, 0.3) is 0 Å². The van der Waals surface area contributed by atoms with Crippen molar-refractivity contribution in [3.63, 3.8) is 0 Å². The highest BCUT2D eigenvalue weighted by molar-refractivity contribution is 5.92. The Bertz CT molecular complexity index is 952. The van der Waals surface area contributed by atoms with Gasteiger partial charge in [0.2, 0.25) is 0 Å². The molecule has 3 atom stereocenters. The Morgan fingerprint density at radius 3 is 1.98 bits per heavy atom. The van der Waals surface area contributed by atoms with Crippen molar-refractivity contribution in [1.29, 1.82) is 0 Å². The number of carbonyl (C=O) groups excluding carboxylic acids is 1. The number of alkyl halides is 1. The van der Waals surface area contributed by atoms with Crippen LogP contribution in [-0.4, -0.2) is 27.6 Å². The summed E-state index contributed by atoms with van der Waals surface area (Å²) in [4.78, 5) is 20.3. The Balaban J connectivity index is 0.00000184. The fourth-order valence-electron chi connectivity index (χ4n) is 5.86. The molecule has 234 valence electrons. The third-order valence-electron chi connectivity index (χ3n) is 6.81. The van der Waals surface area contributed by atoms with Crippen LogP contribution in [0.1, 0.15) is 137 Å². The molecule has 6 nitrogen and oxygen atoms in total. The van der Waals surface area contributed by atoms with Gasteiger partial charge in [-0.05, 0) is 88.8 Å². The summed E-state index contributed by atoms with van der Waals surface area (Å²) in [5.41, 5.74) is 1.94. The van der Waals surface area contributed by atoms with E-state index in [1.807, 2.05) is 75.3 Å². The van der Waals surface area contributed by atoms with Crippen molar-refractivity contribution < 1.29 is 13.9 Å². The number of rotatable bonds is 7. The molecule has 0 radical (unpaired) electrons. The van der Waals surface area contributed by atoms with Crippen molar-refractivity contribution in [1.82, 2.24) is 9.97 Å². The molecule has 3 unspecified atom stereocenters. The highest BCUT2D eigenvalue weighted by Crippen LogP contribution is 2.48. The van der Waals surface area contributed by atoms with Crippen LogP contribution in [0.2, 0.25) is 0 Å². The average Bonchev–Trinajstić information content (AvgIpc) is 2.97. The lowest BCUT2D eigenvalue weighted by atomic mass is 9.62. The third kappa shape index (κ3) is 12.4. The lowest BCUT2D eigenvalue weighted by molar-refractivity contribution is 0.0378. The quantitative estimate of drug-likeness (QED) is 0.253. The van der Waals surface area contributed by atoms with Crippen molar-refractivity contribution in [2.24, 2.45) is 17.8 Å². The van der Waals surface area contributed by atoms with Gasteiger partial charge in [-0.25, -0.2) is 19.2 Å². The molecule has 1 heterocycles. The fraction of sp³-hybridized carbons (Fsp3) is 0.676. The van der Waals surface area contributed by atoms with Crippen LogP contribution in [0, 0.1) is 17.8 Å². The lowest BCUT2D eigenvalue weighted by Gasteiger charge is -2.48. The number of hydrogen-bond donors (Lipinski definition) is 2. The van der Waals surface area contributed by atoms with Gasteiger partial charge in [0, 0.05) is 23.5 Å². The molecule has 1 aromatic carbocycles. The smallest absolute Gasteiger partial charge is 0.338 e. The number of ether oxygens (including phenoxy) is 1. The summed E-state index contributed by atoms with van der Waals surface area (Å²) < 4.78 is 20.5. The number of halogens is 1. The highest BCUT2D eigenvalue weighted by atomic mass is 19.1. The minimum Gasteiger partial charge on any atom is -0.459 e. The molecule has 2 bridgehead atoms. The number of aromatic nitrogens is 2. The first kappa shape index (κ1) is 38.3. The molecule has 2 N–H and O–H groups in total. The second kappa shape index (κ2) is 20.2. The third-order valence-corrected chi connectivity index (χ3v) is 6.81. The number of fused-ring (bicyclic) bond motifs is 2. The van der Waals surface area contributed by atoms with Gasteiger partial charge in [0.1, 0.15) is 6.33 Å². The van der Waals surface area contributed by atoms with Crippen LogP contribution in [0.15, 0.2) is 36.9 Å². The number of benzene rings is 1. The van der Waals surface area contributed by atoms with Gasteiger partial charge < -0.3 is 15.4 Å². The zero-order valence-corrected chi connectivity index (χ0v) is 28.0. The summed E-state index contributed by atoms with van der Waals surface area (Å²) in [5.74, 6) is 1.81. The van der Waals surface area contributed by atoms with E-state index < -0.39 is 12.3 Å². The maximum Gasteiger partial charge on any atom is 0.338 e. The maximum absolute atomic E-state index is 15.1. The standard InChI is InChI=1S/C26H35FN4O2.4C2H6/c1-16(2)33-25(32)20-5-6-22(23(10-20)30-24(27)21-13-28-15-29-14-21)31-26(4)11-18-7-17(3)8-19(9-18)12-26;4*1-2/h5-6,10,13-19,24,30-31H,7-9,11-12H2,1-4H3;4*1-2H3. The lowest BCUT2D eigenvalue weighted by Crippen LogP contribution is -2.45. The molecular formula is C34H59FN4O2. The first-order valence-corrected chi connectivity index (χ1v) is 16.0. The monoisotopic (exact) mass is 574 g/mol.